The van der Waals surface area contributed by atoms with Gasteiger partial charge in [0.25, 0.3) is 0 Å². The molecule has 1 aromatic carbocycles. The van der Waals surface area contributed by atoms with Crippen LogP contribution in [0, 0.1) is 0 Å². The van der Waals surface area contributed by atoms with Crippen molar-refractivity contribution in [2.75, 3.05) is 11.5 Å². The van der Waals surface area contributed by atoms with Crippen LogP contribution in [0.25, 0.3) is 0 Å². The van der Waals surface area contributed by atoms with Crippen LogP contribution in [0.1, 0.15) is 79.4 Å². The minimum Gasteiger partial charge on any atom is -0.459 e. The molecule has 1 amide bonds. The van der Waals surface area contributed by atoms with Gasteiger partial charge in [-0.05, 0) is 62.9 Å². The van der Waals surface area contributed by atoms with Crippen molar-refractivity contribution in [2.45, 2.75) is 84.5 Å². The molecule has 0 unspecified atom stereocenters. The van der Waals surface area contributed by atoms with Crippen molar-refractivity contribution in [3.8, 4) is 0 Å². The monoisotopic (exact) mass is 457 g/mol. The second-order valence-corrected chi connectivity index (χ2v) is 9.84. The first-order chi connectivity index (χ1) is 15.5. The normalized spacial score (nSPS) is 16.2. The van der Waals surface area contributed by atoms with E-state index >= 15 is 0 Å². The Morgan fingerprint density at radius 1 is 1.12 bits per heavy atom. The lowest BCUT2D eigenvalue weighted by molar-refractivity contribution is -0.117. The maximum atomic E-state index is 12.5. The highest BCUT2D eigenvalue weighted by atomic mass is 32.1. The zero-order valence-electron chi connectivity index (χ0n) is 19.5. The van der Waals surface area contributed by atoms with Crippen LogP contribution in [0.15, 0.2) is 36.4 Å². The summed E-state index contributed by atoms with van der Waals surface area (Å²) in [6.07, 6.45) is 7.33. The molecule has 1 atom stereocenters. The van der Waals surface area contributed by atoms with E-state index in [1.165, 1.54) is 42.6 Å². The first kappa shape index (κ1) is 24.5. The number of ether oxygens (including phenoxy) is 2. The van der Waals surface area contributed by atoms with E-state index in [2.05, 4.69) is 31.2 Å². The Morgan fingerprint density at radius 3 is 2.62 bits per heavy atom. The van der Waals surface area contributed by atoms with Gasteiger partial charge in [0.15, 0.2) is 0 Å². The van der Waals surface area contributed by atoms with Crippen LogP contribution in [0.5, 0.6) is 0 Å². The predicted octanol–water partition coefficient (Wildman–Crippen LogP) is 6.15. The van der Waals surface area contributed by atoms with Crippen molar-refractivity contribution in [1.82, 2.24) is 0 Å². The van der Waals surface area contributed by atoms with Gasteiger partial charge in [0.2, 0.25) is 5.91 Å². The molecule has 1 fully saturated rings. The van der Waals surface area contributed by atoms with Crippen molar-refractivity contribution in [2.24, 2.45) is 0 Å². The number of unbranched alkanes of at least 4 members (excludes halogenated alkanes) is 3. The Morgan fingerprint density at radius 2 is 1.91 bits per heavy atom. The van der Waals surface area contributed by atoms with E-state index in [-0.39, 0.29) is 24.0 Å². The molecule has 0 bridgehead atoms. The average molecular weight is 458 g/mol. The summed E-state index contributed by atoms with van der Waals surface area (Å²) in [4.78, 5) is 28.0. The SMILES string of the molecule is CCCCCCc1ccc(N2C(=O)CC[C@@H]2COCc2ccc(C(=O)OC(C)C)s2)cc1. The summed E-state index contributed by atoms with van der Waals surface area (Å²) in [7, 11) is 0. The molecule has 0 N–H and O–H groups in total. The van der Waals surface area contributed by atoms with Gasteiger partial charge in [0.05, 0.1) is 25.4 Å². The fraction of sp³-hybridized carbons (Fsp3) is 0.538. The second kappa shape index (κ2) is 12.2. The Kier molecular flexibility index (Phi) is 9.30. The first-order valence-corrected chi connectivity index (χ1v) is 12.6. The lowest BCUT2D eigenvalue weighted by Crippen LogP contribution is -2.36. The topological polar surface area (TPSA) is 55.8 Å². The Labute approximate surface area is 195 Å². The van der Waals surface area contributed by atoms with Crippen molar-refractivity contribution in [1.29, 1.82) is 0 Å². The lowest BCUT2D eigenvalue weighted by atomic mass is 10.1. The number of nitrogens with zero attached hydrogens (tertiary/aromatic N) is 1. The van der Waals surface area contributed by atoms with Gasteiger partial charge < -0.3 is 14.4 Å². The quantitative estimate of drug-likeness (QED) is 0.283. The lowest BCUT2D eigenvalue weighted by Gasteiger charge is -2.25. The number of benzene rings is 1. The largest absolute Gasteiger partial charge is 0.459 e. The molecule has 3 rings (SSSR count). The van der Waals surface area contributed by atoms with Gasteiger partial charge in [0.1, 0.15) is 4.88 Å². The molecule has 5 nitrogen and oxygen atoms in total. The molecule has 32 heavy (non-hydrogen) atoms. The fourth-order valence-corrected chi connectivity index (χ4v) is 4.80. The number of amides is 1. The third-order valence-corrected chi connectivity index (χ3v) is 6.66. The standard InChI is InChI=1S/C26H35NO4S/c1-4-5-6-7-8-20-9-11-21(12-10-20)27-22(13-16-25(27)28)17-30-18-23-14-15-24(32-23)26(29)31-19(2)3/h9-12,14-15,19,22H,4-8,13,16-18H2,1-3H3/t22-/m1/s1. The van der Waals surface area contributed by atoms with E-state index < -0.39 is 0 Å². The second-order valence-electron chi connectivity index (χ2n) is 8.67. The molecule has 2 aromatic rings. The molecule has 6 heteroatoms. The van der Waals surface area contributed by atoms with Gasteiger partial charge in [-0.1, -0.05) is 38.3 Å². The number of rotatable bonds is 12. The van der Waals surface area contributed by atoms with Gasteiger partial charge in [-0.2, -0.15) is 0 Å². The van der Waals surface area contributed by atoms with Crippen LogP contribution >= 0.6 is 11.3 Å². The highest BCUT2D eigenvalue weighted by Gasteiger charge is 2.32. The molecule has 174 valence electrons. The first-order valence-electron chi connectivity index (χ1n) is 11.8. The zero-order chi connectivity index (χ0) is 22.9. The average Bonchev–Trinajstić information content (AvgIpc) is 3.38. The Bertz CT molecular complexity index is 874. The number of anilines is 1. The van der Waals surface area contributed by atoms with Gasteiger partial charge in [0, 0.05) is 17.0 Å². The van der Waals surface area contributed by atoms with Crippen LogP contribution in [-0.2, 0) is 27.3 Å². The molecule has 0 spiro atoms. The number of carbonyl (C=O) groups is 2. The van der Waals surface area contributed by atoms with E-state index in [0.29, 0.717) is 24.5 Å². The number of hydrogen-bond donors (Lipinski definition) is 0. The summed E-state index contributed by atoms with van der Waals surface area (Å²) < 4.78 is 11.2. The third-order valence-electron chi connectivity index (χ3n) is 5.62. The number of hydrogen-bond acceptors (Lipinski definition) is 5. The summed E-state index contributed by atoms with van der Waals surface area (Å²) in [6, 6.07) is 12.2. The van der Waals surface area contributed by atoms with Gasteiger partial charge in [-0.3, -0.25) is 4.79 Å². The van der Waals surface area contributed by atoms with Crippen LogP contribution in [-0.4, -0.2) is 30.6 Å². The highest BCUT2D eigenvalue weighted by Crippen LogP contribution is 2.28. The summed E-state index contributed by atoms with van der Waals surface area (Å²) in [5, 5.41) is 0. The van der Waals surface area contributed by atoms with Gasteiger partial charge in [-0.15, -0.1) is 11.3 Å². The van der Waals surface area contributed by atoms with E-state index in [9.17, 15) is 9.59 Å². The van der Waals surface area contributed by atoms with Crippen molar-refractivity contribution >= 4 is 28.9 Å². The molecule has 0 radical (unpaired) electrons. The zero-order valence-corrected chi connectivity index (χ0v) is 20.3. The Hall–Kier alpha value is -2.18. The summed E-state index contributed by atoms with van der Waals surface area (Å²) in [5.41, 5.74) is 2.28. The Balaban J connectivity index is 1.51. The van der Waals surface area contributed by atoms with Crippen LogP contribution in [0.3, 0.4) is 0 Å². The molecule has 1 aliphatic rings. The van der Waals surface area contributed by atoms with E-state index in [4.69, 9.17) is 9.47 Å². The van der Waals surface area contributed by atoms with Crippen LogP contribution in [0.2, 0.25) is 0 Å². The number of carbonyl (C=O) groups excluding carboxylic acids is 2. The van der Waals surface area contributed by atoms with E-state index in [1.54, 1.807) is 6.07 Å². The maximum absolute atomic E-state index is 12.5. The summed E-state index contributed by atoms with van der Waals surface area (Å²) in [5.74, 6) is -0.137. The molecular formula is C26H35NO4S. The van der Waals surface area contributed by atoms with E-state index in [1.807, 2.05) is 24.8 Å². The molecular weight excluding hydrogens is 422 g/mol. The van der Waals surface area contributed by atoms with Gasteiger partial charge >= 0.3 is 5.97 Å². The fourth-order valence-electron chi connectivity index (χ4n) is 3.97. The number of aryl methyl sites for hydroxylation is 1. The van der Waals surface area contributed by atoms with Crippen molar-refractivity contribution in [3.63, 3.8) is 0 Å². The summed E-state index contributed by atoms with van der Waals surface area (Å²) >= 11 is 1.39. The molecule has 0 aliphatic carbocycles. The van der Waals surface area contributed by atoms with Crippen LogP contribution < -0.4 is 4.90 Å². The molecule has 1 aliphatic heterocycles. The van der Waals surface area contributed by atoms with Crippen LogP contribution in [0.4, 0.5) is 5.69 Å². The smallest absolute Gasteiger partial charge is 0.348 e. The van der Waals surface area contributed by atoms with Gasteiger partial charge in [-0.25, -0.2) is 4.79 Å². The number of esters is 1. The molecule has 0 saturated carbocycles. The van der Waals surface area contributed by atoms with Crippen molar-refractivity contribution in [3.05, 3.63) is 51.7 Å². The third kappa shape index (κ3) is 6.91. The highest BCUT2D eigenvalue weighted by molar-refractivity contribution is 7.13. The molecule has 2 heterocycles. The minimum absolute atomic E-state index is 0.0447. The predicted molar refractivity (Wildman–Crippen MR) is 129 cm³/mol. The summed E-state index contributed by atoms with van der Waals surface area (Å²) in [6.45, 7) is 6.81. The van der Waals surface area contributed by atoms with Crippen molar-refractivity contribution < 1.29 is 19.1 Å². The maximum Gasteiger partial charge on any atom is 0.348 e. The molecule has 1 aromatic heterocycles. The number of thiophene rings is 1. The molecule has 1 saturated heterocycles. The van der Waals surface area contributed by atoms with E-state index in [0.717, 1.165) is 23.4 Å². The minimum atomic E-state index is -0.294.